The zero-order valence-corrected chi connectivity index (χ0v) is 18.2. The Morgan fingerprint density at radius 2 is 1.85 bits per heavy atom. The number of anilines is 1. The molecule has 6 rings (SSSR count). The van der Waals surface area contributed by atoms with E-state index in [0.29, 0.717) is 12.2 Å². The number of aliphatic imine (C=N–C) groups is 1. The number of rotatable bonds is 3. The normalized spacial score (nSPS) is 13.0. The molecule has 0 atom stereocenters. The third-order valence-corrected chi connectivity index (χ3v) is 6.26. The Morgan fingerprint density at radius 1 is 0.970 bits per heavy atom. The van der Waals surface area contributed by atoms with Crippen LogP contribution in [0, 0.1) is 12.7 Å². The number of pyridine rings is 1. The fourth-order valence-corrected chi connectivity index (χ4v) is 4.42. The average molecular weight is 436 g/mol. The molecule has 0 amide bonds. The van der Waals surface area contributed by atoms with Gasteiger partial charge in [-0.05, 0) is 31.2 Å². The Kier molecular flexibility index (Phi) is 4.36. The fourth-order valence-electron chi connectivity index (χ4n) is 4.42. The van der Waals surface area contributed by atoms with Gasteiger partial charge in [-0.25, -0.2) is 9.37 Å². The SMILES string of the molecule is Cc1ncc(-c2ccc3c(c2)C(c2cc4c(-c5ccccc5F)cncc4[nH]2)=NCN3)n1C. The molecule has 0 aliphatic carbocycles. The highest BCUT2D eigenvalue weighted by Crippen LogP contribution is 2.33. The van der Waals surface area contributed by atoms with E-state index in [4.69, 9.17) is 4.99 Å². The highest BCUT2D eigenvalue weighted by Gasteiger charge is 2.20. The zero-order chi connectivity index (χ0) is 22.5. The number of fused-ring (bicyclic) bond motifs is 2. The van der Waals surface area contributed by atoms with Crippen molar-refractivity contribution in [1.82, 2.24) is 19.5 Å². The zero-order valence-electron chi connectivity index (χ0n) is 18.2. The topological polar surface area (TPSA) is 70.9 Å². The van der Waals surface area contributed by atoms with Crippen LogP contribution >= 0.6 is 0 Å². The Labute approximate surface area is 189 Å². The van der Waals surface area contributed by atoms with Gasteiger partial charge in [-0.15, -0.1) is 0 Å². The first-order valence-corrected chi connectivity index (χ1v) is 10.7. The van der Waals surface area contributed by atoms with Gasteiger partial charge in [0.15, 0.2) is 0 Å². The number of hydrogen-bond donors (Lipinski definition) is 2. The van der Waals surface area contributed by atoms with Crippen LogP contribution in [0.2, 0.25) is 0 Å². The average Bonchev–Trinajstić information content (AvgIpc) is 3.42. The molecule has 4 heterocycles. The van der Waals surface area contributed by atoms with Crippen molar-refractivity contribution in [3.8, 4) is 22.4 Å². The number of imidazole rings is 1. The highest BCUT2D eigenvalue weighted by molar-refractivity contribution is 6.18. The summed E-state index contributed by atoms with van der Waals surface area (Å²) >= 11 is 0. The molecule has 1 aliphatic heterocycles. The summed E-state index contributed by atoms with van der Waals surface area (Å²) in [4.78, 5) is 17.0. The number of halogens is 1. The molecule has 0 fully saturated rings. The molecule has 162 valence electrons. The Bertz CT molecular complexity index is 1560. The van der Waals surface area contributed by atoms with Gasteiger partial charge in [-0.1, -0.05) is 24.3 Å². The van der Waals surface area contributed by atoms with Crippen LogP contribution in [0.1, 0.15) is 17.1 Å². The number of H-pyrrole nitrogens is 1. The summed E-state index contributed by atoms with van der Waals surface area (Å²) in [5.41, 5.74) is 7.99. The van der Waals surface area contributed by atoms with Crippen molar-refractivity contribution in [2.24, 2.45) is 12.0 Å². The van der Waals surface area contributed by atoms with E-state index in [0.717, 1.165) is 56.2 Å². The minimum atomic E-state index is -0.268. The van der Waals surface area contributed by atoms with Gasteiger partial charge in [0.2, 0.25) is 0 Å². The third-order valence-electron chi connectivity index (χ3n) is 6.26. The minimum absolute atomic E-state index is 0.268. The second-order valence-electron chi connectivity index (χ2n) is 8.16. The molecule has 0 saturated carbocycles. The molecule has 0 bridgehead atoms. The van der Waals surface area contributed by atoms with Gasteiger partial charge in [-0.2, -0.15) is 0 Å². The molecule has 1 aliphatic rings. The van der Waals surface area contributed by atoms with Gasteiger partial charge < -0.3 is 14.9 Å². The van der Waals surface area contributed by atoms with E-state index in [1.165, 1.54) is 6.07 Å². The molecule has 0 radical (unpaired) electrons. The number of nitrogens with zero attached hydrogens (tertiary/aromatic N) is 4. The van der Waals surface area contributed by atoms with E-state index in [1.807, 2.05) is 32.3 Å². The number of aryl methyl sites for hydroxylation is 1. The second-order valence-corrected chi connectivity index (χ2v) is 8.16. The number of nitrogens with one attached hydrogen (secondary N) is 2. The fraction of sp³-hybridized carbons (Fsp3) is 0.115. The molecule has 0 saturated heterocycles. The minimum Gasteiger partial charge on any atom is -0.366 e. The Hall–Kier alpha value is -4.26. The van der Waals surface area contributed by atoms with Crippen LogP contribution in [0.15, 0.2) is 72.1 Å². The lowest BCUT2D eigenvalue weighted by Crippen LogP contribution is -2.17. The lowest BCUT2D eigenvalue weighted by Gasteiger charge is -2.19. The van der Waals surface area contributed by atoms with Crippen LogP contribution in [0.3, 0.4) is 0 Å². The maximum Gasteiger partial charge on any atom is 0.131 e. The van der Waals surface area contributed by atoms with Crippen molar-refractivity contribution in [3.63, 3.8) is 0 Å². The monoisotopic (exact) mass is 436 g/mol. The van der Waals surface area contributed by atoms with Crippen molar-refractivity contribution >= 4 is 22.3 Å². The lowest BCUT2D eigenvalue weighted by atomic mass is 9.99. The number of benzene rings is 2. The quantitative estimate of drug-likeness (QED) is 0.403. The Balaban J connectivity index is 1.49. The van der Waals surface area contributed by atoms with Crippen molar-refractivity contribution in [3.05, 3.63) is 90.0 Å². The first-order chi connectivity index (χ1) is 16.1. The molecule has 33 heavy (non-hydrogen) atoms. The van der Waals surface area contributed by atoms with Gasteiger partial charge in [-0.3, -0.25) is 9.98 Å². The van der Waals surface area contributed by atoms with Gasteiger partial charge in [0.1, 0.15) is 18.3 Å². The van der Waals surface area contributed by atoms with E-state index in [-0.39, 0.29) is 5.82 Å². The van der Waals surface area contributed by atoms with E-state index in [1.54, 1.807) is 24.5 Å². The summed E-state index contributed by atoms with van der Waals surface area (Å²) in [5, 5.41) is 4.26. The Morgan fingerprint density at radius 3 is 2.67 bits per heavy atom. The number of aromatic amines is 1. The first kappa shape index (κ1) is 19.4. The highest BCUT2D eigenvalue weighted by atomic mass is 19.1. The molecular weight excluding hydrogens is 415 g/mol. The van der Waals surface area contributed by atoms with E-state index < -0.39 is 0 Å². The molecular formula is C26H21FN6. The summed E-state index contributed by atoms with van der Waals surface area (Å²) in [6.45, 7) is 2.47. The van der Waals surface area contributed by atoms with Crippen LogP contribution < -0.4 is 5.32 Å². The maximum absolute atomic E-state index is 14.5. The van der Waals surface area contributed by atoms with E-state index in [9.17, 15) is 4.39 Å². The summed E-state index contributed by atoms with van der Waals surface area (Å²) in [7, 11) is 2.01. The van der Waals surface area contributed by atoms with Crippen molar-refractivity contribution in [1.29, 1.82) is 0 Å². The van der Waals surface area contributed by atoms with Gasteiger partial charge >= 0.3 is 0 Å². The molecule has 6 nitrogen and oxygen atoms in total. The van der Waals surface area contributed by atoms with Crippen LogP contribution in [0.4, 0.5) is 10.1 Å². The summed E-state index contributed by atoms with van der Waals surface area (Å²) in [5.74, 6) is 0.689. The molecule has 0 unspecified atom stereocenters. The van der Waals surface area contributed by atoms with Crippen LogP contribution in [-0.2, 0) is 7.05 Å². The van der Waals surface area contributed by atoms with Crippen LogP contribution in [0.5, 0.6) is 0 Å². The summed E-state index contributed by atoms with van der Waals surface area (Å²) < 4.78 is 16.6. The van der Waals surface area contributed by atoms with E-state index in [2.05, 4.69) is 43.0 Å². The van der Waals surface area contributed by atoms with E-state index >= 15 is 0 Å². The summed E-state index contributed by atoms with van der Waals surface area (Å²) in [6, 6.07) is 15.1. The van der Waals surface area contributed by atoms with Gasteiger partial charge in [0.25, 0.3) is 0 Å². The molecule has 0 spiro atoms. The third kappa shape index (κ3) is 3.12. The smallest absolute Gasteiger partial charge is 0.131 e. The largest absolute Gasteiger partial charge is 0.366 e. The summed E-state index contributed by atoms with van der Waals surface area (Å²) in [6.07, 6.45) is 5.36. The molecule has 3 aromatic heterocycles. The van der Waals surface area contributed by atoms with Gasteiger partial charge in [0, 0.05) is 46.6 Å². The number of hydrogen-bond acceptors (Lipinski definition) is 4. The van der Waals surface area contributed by atoms with Crippen LogP contribution in [-0.4, -0.2) is 31.9 Å². The van der Waals surface area contributed by atoms with Gasteiger partial charge in [0.05, 0.1) is 35.0 Å². The molecule has 5 aromatic rings. The first-order valence-electron chi connectivity index (χ1n) is 10.7. The van der Waals surface area contributed by atoms with Crippen molar-refractivity contribution in [2.45, 2.75) is 6.92 Å². The number of aromatic nitrogens is 4. The van der Waals surface area contributed by atoms with Crippen LogP contribution in [0.25, 0.3) is 33.3 Å². The maximum atomic E-state index is 14.5. The molecule has 7 heteroatoms. The predicted molar refractivity (Wildman–Crippen MR) is 129 cm³/mol. The standard InChI is InChI=1S/C26H21FN6/c1-15-29-13-25(33(15)2)16-7-8-22-19(9-16)26(31-14-30-22)23-10-18-20(11-28-12-24(18)32-23)17-5-3-4-6-21(17)27/h3-13,30,32H,14H2,1-2H3. The lowest BCUT2D eigenvalue weighted by molar-refractivity contribution is 0.631. The molecule has 2 aromatic carbocycles. The van der Waals surface area contributed by atoms with Crippen molar-refractivity contribution in [2.75, 3.05) is 12.0 Å². The molecule has 2 N–H and O–H groups in total. The second kappa shape index (κ2) is 7.41. The van der Waals surface area contributed by atoms with Crippen molar-refractivity contribution < 1.29 is 4.39 Å². The predicted octanol–water partition coefficient (Wildman–Crippen LogP) is 5.30.